The maximum absolute atomic E-state index is 14.2. The Morgan fingerprint density at radius 2 is 2.30 bits per heavy atom. The summed E-state index contributed by atoms with van der Waals surface area (Å²) in [6.07, 6.45) is 4.32. The van der Waals surface area contributed by atoms with Crippen molar-refractivity contribution in [2.45, 2.75) is 32.1 Å². The molecule has 5 heteroatoms. The summed E-state index contributed by atoms with van der Waals surface area (Å²) in [6, 6.07) is 6.62. The molecule has 0 aromatic heterocycles. The Labute approximate surface area is 116 Å². The molecule has 1 aromatic carbocycles. The SMILES string of the molecule is N#CC1(Cc2cccc([N+](=O)[O-])c2F)CC2CCC1C2. The highest BCUT2D eigenvalue weighted by Gasteiger charge is 2.51. The van der Waals surface area contributed by atoms with Crippen LogP contribution >= 0.6 is 0 Å². The van der Waals surface area contributed by atoms with E-state index in [1.54, 1.807) is 6.07 Å². The monoisotopic (exact) mass is 274 g/mol. The van der Waals surface area contributed by atoms with Crippen molar-refractivity contribution in [1.82, 2.24) is 0 Å². The molecule has 20 heavy (non-hydrogen) atoms. The van der Waals surface area contributed by atoms with E-state index >= 15 is 0 Å². The maximum atomic E-state index is 14.2. The first-order valence-corrected chi connectivity index (χ1v) is 6.89. The van der Waals surface area contributed by atoms with Gasteiger partial charge >= 0.3 is 5.69 Å². The Balaban J connectivity index is 1.94. The second-order valence-corrected chi connectivity index (χ2v) is 6.03. The van der Waals surface area contributed by atoms with Crippen molar-refractivity contribution < 1.29 is 9.31 Å². The molecule has 3 atom stereocenters. The van der Waals surface area contributed by atoms with E-state index in [2.05, 4.69) is 6.07 Å². The smallest absolute Gasteiger partial charge is 0.258 e. The van der Waals surface area contributed by atoms with Crippen LogP contribution in [-0.2, 0) is 6.42 Å². The molecule has 0 heterocycles. The van der Waals surface area contributed by atoms with Gasteiger partial charge in [0.05, 0.1) is 16.4 Å². The lowest BCUT2D eigenvalue weighted by Crippen LogP contribution is -2.29. The fourth-order valence-corrected chi connectivity index (χ4v) is 4.02. The molecular weight excluding hydrogens is 259 g/mol. The van der Waals surface area contributed by atoms with Gasteiger partial charge in [-0.1, -0.05) is 18.6 Å². The highest BCUT2D eigenvalue weighted by Crippen LogP contribution is 2.57. The summed E-state index contributed by atoms with van der Waals surface area (Å²) in [4.78, 5) is 10.1. The fraction of sp³-hybridized carbons (Fsp3) is 0.533. The molecule has 3 rings (SSSR count). The molecule has 2 bridgehead atoms. The summed E-state index contributed by atoms with van der Waals surface area (Å²) in [5.74, 6) is 0.104. The number of hydrogen-bond acceptors (Lipinski definition) is 3. The summed E-state index contributed by atoms with van der Waals surface area (Å²) in [7, 11) is 0. The number of hydrogen-bond donors (Lipinski definition) is 0. The Morgan fingerprint density at radius 1 is 1.50 bits per heavy atom. The van der Waals surface area contributed by atoms with E-state index < -0.39 is 21.8 Å². The molecule has 104 valence electrons. The molecule has 1 aromatic rings. The van der Waals surface area contributed by atoms with Gasteiger partial charge in [0.25, 0.3) is 0 Å². The van der Waals surface area contributed by atoms with Crippen molar-refractivity contribution in [3.63, 3.8) is 0 Å². The van der Waals surface area contributed by atoms with E-state index in [1.165, 1.54) is 12.1 Å². The zero-order chi connectivity index (χ0) is 14.3. The molecule has 2 fully saturated rings. The zero-order valence-corrected chi connectivity index (χ0v) is 11.0. The number of nitro benzene ring substituents is 1. The zero-order valence-electron chi connectivity index (χ0n) is 11.0. The lowest BCUT2D eigenvalue weighted by atomic mass is 9.70. The van der Waals surface area contributed by atoms with Crippen LogP contribution in [-0.4, -0.2) is 4.92 Å². The summed E-state index contributed by atoms with van der Waals surface area (Å²) < 4.78 is 14.2. The average molecular weight is 274 g/mol. The quantitative estimate of drug-likeness (QED) is 0.624. The van der Waals surface area contributed by atoms with Crippen molar-refractivity contribution in [3.05, 3.63) is 39.7 Å². The molecule has 2 saturated carbocycles. The van der Waals surface area contributed by atoms with Crippen LogP contribution in [0, 0.1) is 44.5 Å². The molecule has 2 aliphatic carbocycles. The molecule has 3 unspecified atom stereocenters. The minimum absolute atomic E-state index is 0.290. The number of halogens is 1. The van der Waals surface area contributed by atoms with E-state index in [0.29, 0.717) is 17.4 Å². The Morgan fingerprint density at radius 3 is 2.85 bits per heavy atom. The Kier molecular flexibility index (Phi) is 2.97. The number of rotatable bonds is 3. The minimum Gasteiger partial charge on any atom is -0.258 e. The predicted molar refractivity (Wildman–Crippen MR) is 70.3 cm³/mol. The van der Waals surface area contributed by atoms with E-state index in [0.717, 1.165) is 25.7 Å². The van der Waals surface area contributed by atoms with E-state index in [1.807, 2.05) is 0 Å². The molecule has 0 saturated heterocycles. The van der Waals surface area contributed by atoms with Crippen LogP contribution in [0.1, 0.15) is 31.2 Å². The number of nitro groups is 1. The van der Waals surface area contributed by atoms with Gasteiger partial charge in [-0.25, -0.2) is 0 Å². The van der Waals surface area contributed by atoms with Crippen molar-refractivity contribution in [3.8, 4) is 6.07 Å². The third-order valence-electron chi connectivity index (χ3n) is 4.96. The molecule has 2 aliphatic rings. The van der Waals surface area contributed by atoms with E-state index in [9.17, 15) is 19.8 Å². The van der Waals surface area contributed by atoms with Crippen LogP contribution < -0.4 is 0 Å². The van der Waals surface area contributed by atoms with Crippen LogP contribution in [0.15, 0.2) is 18.2 Å². The molecule has 0 spiro atoms. The first-order valence-electron chi connectivity index (χ1n) is 6.89. The van der Waals surface area contributed by atoms with E-state index in [-0.39, 0.29) is 6.42 Å². The summed E-state index contributed by atoms with van der Waals surface area (Å²) in [6.45, 7) is 0. The van der Waals surface area contributed by atoms with Crippen LogP contribution in [0.25, 0.3) is 0 Å². The van der Waals surface area contributed by atoms with E-state index in [4.69, 9.17) is 0 Å². The lowest BCUT2D eigenvalue weighted by Gasteiger charge is -2.31. The number of fused-ring (bicyclic) bond motifs is 2. The van der Waals surface area contributed by atoms with Crippen molar-refractivity contribution in [2.75, 3.05) is 0 Å². The van der Waals surface area contributed by atoms with Gasteiger partial charge in [-0.2, -0.15) is 9.65 Å². The summed E-state index contributed by atoms with van der Waals surface area (Å²) in [5.41, 5.74) is -0.731. The molecule has 4 nitrogen and oxygen atoms in total. The van der Waals surface area contributed by atoms with Gasteiger partial charge in [-0.15, -0.1) is 0 Å². The lowest BCUT2D eigenvalue weighted by molar-refractivity contribution is -0.387. The second-order valence-electron chi connectivity index (χ2n) is 6.03. The summed E-state index contributed by atoms with van der Waals surface area (Å²) in [5, 5.41) is 20.4. The van der Waals surface area contributed by atoms with Crippen LogP contribution in [0.4, 0.5) is 10.1 Å². The van der Waals surface area contributed by atoms with Gasteiger partial charge in [0.15, 0.2) is 0 Å². The van der Waals surface area contributed by atoms with Gasteiger partial charge < -0.3 is 0 Å². The van der Waals surface area contributed by atoms with Crippen molar-refractivity contribution >= 4 is 5.69 Å². The normalized spacial score (nSPS) is 31.2. The molecule has 0 radical (unpaired) electrons. The molecule has 0 amide bonds. The fourth-order valence-electron chi connectivity index (χ4n) is 4.02. The highest BCUT2D eigenvalue weighted by molar-refractivity contribution is 5.38. The predicted octanol–water partition coefficient (Wildman–Crippen LogP) is 3.61. The van der Waals surface area contributed by atoms with Crippen LogP contribution in [0.2, 0.25) is 0 Å². The van der Waals surface area contributed by atoms with Crippen molar-refractivity contribution in [2.24, 2.45) is 17.3 Å². The Hall–Kier alpha value is -1.96. The molecular formula is C15H15FN2O2. The standard InChI is InChI=1S/C15H15FN2O2/c16-14-11(2-1-3-13(14)18(19)20)8-15(9-17)7-10-4-5-12(15)6-10/h1-3,10,12H,4-8H2. The topological polar surface area (TPSA) is 66.9 Å². The third kappa shape index (κ3) is 1.87. The summed E-state index contributed by atoms with van der Waals surface area (Å²) >= 11 is 0. The highest BCUT2D eigenvalue weighted by atomic mass is 19.1. The Bertz CT molecular complexity index is 610. The number of benzene rings is 1. The van der Waals surface area contributed by atoms with Crippen LogP contribution in [0.5, 0.6) is 0 Å². The molecule has 0 N–H and O–H groups in total. The van der Waals surface area contributed by atoms with Gasteiger partial charge in [0.1, 0.15) is 0 Å². The van der Waals surface area contributed by atoms with Crippen LogP contribution in [0.3, 0.4) is 0 Å². The number of nitrogens with zero attached hydrogens (tertiary/aromatic N) is 2. The largest absolute Gasteiger partial charge is 0.305 e. The van der Waals surface area contributed by atoms with Gasteiger partial charge in [-0.3, -0.25) is 10.1 Å². The first-order chi connectivity index (χ1) is 9.55. The minimum atomic E-state index is -0.783. The van der Waals surface area contributed by atoms with Gasteiger partial charge in [0, 0.05) is 6.07 Å². The second kappa shape index (κ2) is 4.55. The third-order valence-corrected chi connectivity index (χ3v) is 4.96. The van der Waals surface area contributed by atoms with Crippen molar-refractivity contribution in [1.29, 1.82) is 5.26 Å². The first kappa shape index (κ1) is 13.0. The molecule has 0 aliphatic heterocycles. The number of nitriles is 1. The van der Waals surface area contributed by atoms with Gasteiger partial charge in [-0.05, 0) is 43.1 Å². The van der Waals surface area contributed by atoms with Gasteiger partial charge in [0.2, 0.25) is 5.82 Å². The maximum Gasteiger partial charge on any atom is 0.305 e. The average Bonchev–Trinajstić information content (AvgIpc) is 3.01.